The number of nitrogens with two attached hydrogens (primary N) is 1. The lowest BCUT2D eigenvalue weighted by Crippen LogP contribution is -2.33. The van der Waals surface area contributed by atoms with E-state index in [2.05, 4.69) is 10.6 Å². The van der Waals surface area contributed by atoms with Crippen molar-refractivity contribution in [1.82, 2.24) is 10.6 Å². The Hall–Kier alpha value is -1.93. The minimum Gasteiger partial charge on any atom is -0.356 e. The molecule has 1 aromatic carbocycles. The molecule has 0 atom stereocenters. The van der Waals surface area contributed by atoms with Gasteiger partial charge in [-0.2, -0.15) is 0 Å². The molecule has 1 aromatic rings. The third kappa shape index (κ3) is 6.68. The van der Waals surface area contributed by atoms with Crippen LogP contribution in [0.5, 0.6) is 0 Å². The third-order valence-corrected chi connectivity index (χ3v) is 3.81. The number of nitrogens with one attached hydrogen (secondary N) is 2. The summed E-state index contributed by atoms with van der Waals surface area (Å²) < 4.78 is 22.2. The van der Waals surface area contributed by atoms with Crippen molar-refractivity contribution in [1.29, 1.82) is 0 Å². The zero-order valence-electron chi connectivity index (χ0n) is 12.5. The Morgan fingerprint density at radius 1 is 1.05 bits per heavy atom. The van der Waals surface area contributed by atoms with Crippen LogP contribution in [0.4, 0.5) is 0 Å². The van der Waals surface area contributed by atoms with Gasteiger partial charge in [0.1, 0.15) is 6.42 Å². The lowest BCUT2D eigenvalue weighted by atomic mass is 10.1. The molecule has 0 heterocycles. The van der Waals surface area contributed by atoms with Gasteiger partial charge in [-0.3, -0.25) is 9.59 Å². The van der Waals surface area contributed by atoms with Gasteiger partial charge in [-0.1, -0.05) is 19.1 Å². The highest BCUT2D eigenvalue weighted by Gasteiger charge is 2.09. The van der Waals surface area contributed by atoms with Crippen molar-refractivity contribution in [3.05, 3.63) is 29.8 Å². The maximum absolute atomic E-state index is 11.5. The number of amides is 2. The summed E-state index contributed by atoms with van der Waals surface area (Å²) in [5.74, 6) is -0.633. The van der Waals surface area contributed by atoms with Crippen LogP contribution in [0.3, 0.4) is 0 Å². The van der Waals surface area contributed by atoms with Gasteiger partial charge in [0, 0.05) is 13.1 Å². The van der Waals surface area contributed by atoms with Crippen molar-refractivity contribution in [2.24, 2.45) is 5.14 Å². The molecule has 0 saturated heterocycles. The summed E-state index contributed by atoms with van der Waals surface area (Å²) in [6.07, 6.45) is 1.17. The standard InChI is InChI=1S/C14H21N3O4S/c1-2-8-16-13(18)10-14(19)17-9-7-11-3-5-12(6-4-11)22(15,20)21/h3-6H,2,7-10H2,1H3,(H,16,18)(H,17,19)(H2,15,20,21). The number of carbonyl (C=O) groups excluding carboxylic acids is 2. The van der Waals surface area contributed by atoms with Gasteiger partial charge in [0.25, 0.3) is 0 Å². The van der Waals surface area contributed by atoms with Gasteiger partial charge in [0.15, 0.2) is 0 Å². The molecule has 0 radical (unpaired) electrons. The van der Waals surface area contributed by atoms with E-state index in [0.29, 0.717) is 19.5 Å². The predicted molar refractivity (Wildman–Crippen MR) is 82.4 cm³/mol. The molecule has 7 nitrogen and oxygen atoms in total. The highest BCUT2D eigenvalue weighted by atomic mass is 32.2. The van der Waals surface area contributed by atoms with Crippen LogP contribution in [0.2, 0.25) is 0 Å². The molecule has 0 spiro atoms. The second kappa shape index (κ2) is 8.50. The molecular formula is C14H21N3O4S. The molecule has 0 fully saturated rings. The number of benzene rings is 1. The van der Waals surface area contributed by atoms with Gasteiger partial charge in [-0.25, -0.2) is 13.6 Å². The maximum Gasteiger partial charge on any atom is 0.238 e. The Morgan fingerprint density at radius 3 is 2.09 bits per heavy atom. The van der Waals surface area contributed by atoms with Crippen molar-refractivity contribution in [2.75, 3.05) is 13.1 Å². The molecule has 0 bridgehead atoms. The number of hydrogen-bond acceptors (Lipinski definition) is 4. The molecule has 0 aromatic heterocycles. The van der Waals surface area contributed by atoms with Gasteiger partial charge >= 0.3 is 0 Å². The summed E-state index contributed by atoms with van der Waals surface area (Å²) in [5, 5.41) is 10.3. The SMILES string of the molecule is CCCNC(=O)CC(=O)NCCc1ccc(S(N)(=O)=O)cc1. The van der Waals surface area contributed by atoms with E-state index in [9.17, 15) is 18.0 Å². The largest absolute Gasteiger partial charge is 0.356 e. The number of sulfonamides is 1. The average molecular weight is 327 g/mol. The Labute approximate surface area is 130 Å². The van der Waals surface area contributed by atoms with E-state index in [4.69, 9.17) is 5.14 Å². The van der Waals surface area contributed by atoms with E-state index in [1.54, 1.807) is 12.1 Å². The van der Waals surface area contributed by atoms with Gasteiger partial charge in [-0.15, -0.1) is 0 Å². The van der Waals surface area contributed by atoms with Crippen molar-refractivity contribution in [3.63, 3.8) is 0 Å². The summed E-state index contributed by atoms with van der Waals surface area (Å²) in [4.78, 5) is 22.9. The van der Waals surface area contributed by atoms with Crippen LogP contribution < -0.4 is 15.8 Å². The van der Waals surface area contributed by atoms with E-state index >= 15 is 0 Å². The summed E-state index contributed by atoms with van der Waals surface area (Å²) >= 11 is 0. The number of hydrogen-bond donors (Lipinski definition) is 3. The molecule has 1 rings (SSSR count). The van der Waals surface area contributed by atoms with E-state index in [-0.39, 0.29) is 23.1 Å². The van der Waals surface area contributed by atoms with Gasteiger partial charge < -0.3 is 10.6 Å². The van der Waals surface area contributed by atoms with Crippen molar-refractivity contribution >= 4 is 21.8 Å². The first kappa shape index (κ1) is 18.1. The Morgan fingerprint density at radius 2 is 1.59 bits per heavy atom. The Balaban J connectivity index is 2.35. The van der Waals surface area contributed by atoms with Gasteiger partial charge in [0.05, 0.1) is 4.90 Å². The molecular weight excluding hydrogens is 306 g/mol. The number of rotatable bonds is 8. The normalized spacial score (nSPS) is 11.0. The molecule has 2 amide bonds. The van der Waals surface area contributed by atoms with E-state index < -0.39 is 10.0 Å². The minimum absolute atomic E-state index is 0.0490. The highest BCUT2D eigenvalue weighted by Crippen LogP contribution is 2.08. The molecule has 122 valence electrons. The fourth-order valence-corrected chi connectivity index (χ4v) is 2.24. The Kier molecular flexibility index (Phi) is 7.00. The lowest BCUT2D eigenvalue weighted by molar-refractivity contribution is -0.129. The first-order valence-corrected chi connectivity index (χ1v) is 8.52. The maximum atomic E-state index is 11.5. The first-order chi connectivity index (χ1) is 10.3. The minimum atomic E-state index is -3.69. The zero-order valence-corrected chi connectivity index (χ0v) is 13.3. The third-order valence-electron chi connectivity index (χ3n) is 2.88. The fraction of sp³-hybridized carbons (Fsp3) is 0.429. The number of carbonyl (C=O) groups is 2. The zero-order chi connectivity index (χ0) is 16.6. The fourth-order valence-electron chi connectivity index (χ4n) is 1.73. The predicted octanol–water partition coefficient (Wildman–Crippen LogP) is -0.0910. The lowest BCUT2D eigenvalue weighted by Gasteiger charge is -2.06. The van der Waals surface area contributed by atoms with Crippen LogP contribution in [-0.2, 0) is 26.0 Å². The molecule has 0 aliphatic heterocycles. The topological polar surface area (TPSA) is 118 Å². The van der Waals surface area contributed by atoms with E-state index in [0.717, 1.165) is 12.0 Å². The van der Waals surface area contributed by atoms with Gasteiger partial charge in [-0.05, 0) is 30.5 Å². The highest BCUT2D eigenvalue weighted by molar-refractivity contribution is 7.89. The van der Waals surface area contributed by atoms with Gasteiger partial charge in [0.2, 0.25) is 21.8 Å². The monoisotopic (exact) mass is 327 g/mol. The van der Waals surface area contributed by atoms with Crippen molar-refractivity contribution in [2.45, 2.75) is 31.1 Å². The molecule has 8 heteroatoms. The van der Waals surface area contributed by atoms with E-state index in [1.165, 1.54) is 12.1 Å². The van der Waals surface area contributed by atoms with Crippen LogP contribution in [0.15, 0.2) is 29.2 Å². The van der Waals surface area contributed by atoms with Crippen LogP contribution in [0, 0.1) is 0 Å². The second-order valence-electron chi connectivity index (χ2n) is 4.82. The molecule has 22 heavy (non-hydrogen) atoms. The smallest absolute Gasteiger partial charge is 0.238 e. The summed E-state index contributed by atoms with van der Waals surface area (Å²) in [7, 11) is -3.69. The summed E-state index contributed by atoms with van der Waals surface area (Å²) in [6, 6.07) is 6.12. The molecule has 0 unspecified atom stereocenters. The van der Waals surface area contributed by atoms with Crippen LogP contribution in [0.25, 0.3) is 0 Å². The van der Waals surface area contributed by atoms with Crippen molar-refractivity contribution < 1.29 is 18.0 Å². The molecule has 0 aliphatic rings. The summed E-state index contributed by atoms with van der Waals surface area (Å²) in [6.45, 7) is 2.86. The second-order valence-corrected chi connectivity index (χ2v) is 6.38. The number of primary sulfonamides is 1. The van der Waals surface area contributed by atoms with Crippen LogP contribution in [-0.4, -0.2) is 33.3 Å². The van der Waals surface area contributed by atoms with E-state index in [1.807, 2.05) is 6.92 Å². The molecule has 0 aliphatic carbocycles. The van der Waals surface area contributed by atoms with Crippen LogP contribution >= 0.6 is 0 Å². The average Bonchev–Trinajstić information content (AvgIpc) is 2.44. The molecule has 4 N–H and O–H groups in total. The molecule has 0 saturated carbocycles. The Bertz CT molecular complexity index is 611. The first-order valence-electron chi connectivity index (χ1n) is 6.98. The van der Waals surface area contributed by atoms with Crippen LogP contribution in [0.1, 0.15) is 25.3 Å². The van der Waals surface area contributed by atoms with Crippen molar-refractivity contribution in [3.8, 4) is 0 Å². The summed E-state index contributed by atoms with van der Waals surface area (Å²) in [5.41, 5.74) is 0.864. The quantitative estimate of drug-likeness (QED) is 0.578.